The highest BCUT2D eigenvalue weighted by Crippen LogP contribution is 2.28. The molecule has 3 aromatic rings. The maximum atomic E-state index is 4.94. The Morgan fingerprint density at radius 1 is 0.792 bits per heavy atom. The van der Waals surface area contributed by atoms with Gasteiger partial charge in [0, 0.05) is 17.3 Å². The van der Waals surface area contributed by atoms with Crippen molar-refractivity contribution >= 4 is 0 Å². The molecule has 0 unspecified atom stereocenters. The molecule has 0 radical (unpaired) electrons. The van der Waals surface area contributed by atoms with Crippen LogP contribution in [0.15, 0.2) is 66.9 Å². The molecule has 0 amide bonds. The van der Waals surface area contributed by atoms with Gasteiger partial charge < -0.3 is 4.90 Å². The zero-order valence-electron chi connectivity index (χ0n) is 14.3. The highest BCUT2D eigenvalue weighted by molar-refractivity contribution is 5.77. The summed E-state index contributed by atoms with van der Waals surface area (Å²) in [6, 6.07) is 20.6. The van der Waals surface area contributed by atoms with Crippen LogP contribution < -0.4 is 0 Å². The van der Waals surface area contributed by atoms with Gasteiger partial charge in [-0.3, -0.25) is 4.98 Å². The Hall–Kier alpha value is -2.52. The van der Waals surface area contributed by atoms with E-state index in [-0.39, 0.29) is 0 Å². The number of aryl methyl sites for hydroxylation is 1. The van der Waals surface area contributed by atoms with Crippen LogP contribution in [0.5, 0.6) is 0 Å². The molecule has 0 saturated carbocycles. The zero-order valence-corrected chi connectivity index (χ0v) is 14.3. The van der Waals surface area contributed by atoms with Crippen molar-refractivity contribution in [1.29, 1.82) is 0 Å². The van der Waals surface area contributed by atoms with Gasteiger partial charge in [-0.2, -0.15) is 0 Å². The van der Waals surface area contributed by atoms with Crippen LogP contribution >= 0.6 is 0 Å². The minimum Gasteiger partial charge on any atom is -0.309 e. The van der Waals surface area contributed by atoms with Gasteiger partial charge in [0.25, 0.3) is 0 Å². The van der Waals surface area contributed by atoms with Gasteiger partial charge in [0.15, 0.2) is 0 Å². The molecule has 0 bridgehead atoms. The third-order valence-corrected chi connectivity index (χ3v) is 3.96. The molecule has 0 aliphatic carbocycles. The van der Waals surface area contributed by atoms with E-state index in [0.29, 0.717) is 0 Å². The second-order valence-corrected chi connectivity index (χ2v) is 6.20. The maximum absolute atomic E-state index is 4.94. The molecule has 2 aromatic carbocycles. The average Bonchev–Trinajstić information content (AvgIpc) is 2.63. The van der Waals surface area contributed by atoms with Gasteiger partial charge >= 0.3 is 0 Å². The quantitative estimate of drug-likeness (QED) is 0.678. The van der Waals surface area contributed by atoms with E-state index in [0.717, 1.165) is 47.6 Å². The highest BCUT2D eigenvalue weighted by atomic mass is 15.0. The molecule has 3 nitrogen and oxygen atoms in total. The lowest BCUT2D eigenvalue weighted by molar-refractivity contribution is 0.399. The van der Waals surface area contributed by atoms with Gasteiger partial charge in [-0.15, -0.1) is 0 Å². The third-order valence-electron chi connectivity index (χ3n) is 3.96. The number of benzene rings is 2. The zero-order chi connectivity index (χ0) is 16.8. The average molecular weight is 317 g/mol. The number of hydrogen-bond acceptors (Lipinski definition) is 3. The van der Waals surface area contributed by atoms with Crippen LogP contribution in [-0.2, 0) is 6.42 Å². The van der Waals surface area contributed by atoms with E-state index in [4.69, 9.17) is 9.97 Å². The summed E-state index contributed by atoms with van der Waals surface area (Å²) in [5.74, 6) is 0. The Morgan fingerprint density at radius 2 is 1.38 bits per heavy atom. The third kappa shape index (κ3) is 4.06. The first-order chi connectivity index (χ1) is 11.7. The molecule has 0 spiro atoms. The Morgan fingerprint density at radius 3 is 1.96 bits per heavy atom. The van der Waals surface area contributed by atoms with Crippen LogP contribution in [0, 0.1) is 0 Å². The predicted octanol–water partition coefficient (Wildman–Crippen LogP) is 4.30. The van der Waals surface area contributed by atoms with Crippen molar-refractivity contribution < 1.29 is 0 Å². The van der Waals surface area contributed by atoms with Gasteiger partial charge in [-0.05, 0) is 33.5 Å². The van der Waals surface area contributed by atoms with Crippen LogP contribution in [0.25, 0.3) is 22.5 Å². The van der Waals surface area contributed by atoms with Gasteiger partial charge in [0.2, 0.25) is 0 Å². The Bertz CT molecular complexity index is 768. The summed E-state index contributed by atoms with van der Waals surface area (Å²) in [4.78, 5) is 11.9. The topological polar surface area (TPSA) is 29.0 Å². The van der Waals surface area contributed by atoms with Crippen molar-refractivity contribution in [2.24, 2.45) is 0 Å². The summed E-state index contributed by atoms with van der Waals surface area (Å²) in [6.07, 6.45) is 3.95. The minimum atomic E-state index is 0.943. The molecule has 0 atom stereocenters. The van der Waals surface area contributed by atoms with Gasteiger partial charge in [-0.25, -0.2) is 4.98 Å². The fourth-order valence-electron chi connectivity index (χ4n) is 2.73. The minimum absolute atomic E-state index is 0.943. The molecule has 0 saturated heterocycles. The Kier molecular flexibility index (Phi) is 5.34. The first-order valence-corrected chi connectivity index (χ1v) is 8.35. The van der Waals surface area contributed by atoms with Crippen molar-refractivity contribution in [3.8, 4) is 22.5 Å². The standard InChI is InChI=1S/C21H23N3/c1-24(2)15-9-14-19-16-22-20(17-10-5-3-6-11-17)21(23-19)18-12-7-4-8-13-18/h3-8,10-13,16H,9,14-15H2,1-2H3. The molecule has 1 heterocycles. The summed E-state index contributed by atoms with van der Waals surface area (Å²) in [5.41, 5.74) is 5.17. The van der Waals surface area contributed by atoms with Crippen LogP contribution in [-0.4, -0.2) is 35.5 Å². The van der Waals surface area contributed by atoms with E-state index < -0.39 is 0 Å². The first kappa shape index (κ1) is 16.3. The number of rotatable bonds is 6. The molecule has 0 fully saturated rings. The van der Waals surface area contributed by atoms with E-state index in [9.17, 15) is 0 Å². The van der Waals surface area contributed by atoms with E-state index in [2.05, 4.69) is 43.3 Å². The van der Waals surface area contributed by atoms with Gasteiger partial charge in [-0.1, -0.05) is 60.7 Å². The van der Waals surface area contributed by atoms with E-state index in [1.807, 2.05) is 42.6 Å². The number of hydrogen-bond donors (Lipinski definition) is 0. The second-order valence-electron chi connectivity index (χ2n) is 6.20. The SMILES string of the molecule is CN(C)CCCc1cnc(-c2ccccc2)c(-c2ccccc2)n1. The lowest BCUT2D eigenvalue weighted by atomic mass is 10.0. The van der Waals surface area contributed by atoms with Crippen LogP contribution in [0.4, 0.5) is 0 Å². The van der Waals surface area contributed by atoms with Gasteiger partial charge in [0.1, 0.15) is 0 Å². The Balaban J connectivity index is 1.97. The van der Waals surface area contributed by atoms with Crippen LogP contribution in [0.1, 0.15) is 12.1 Å². The summed E-state index contributed by atoms with van der Waals surface area (Å²) >= 11 is 0. The molecule has 0 aliphatic rings. The second kappa shape index (κ2) is 7.84. The molecule has 24 heavy (non-hydrogen) atoms. The number of nitrogens with zero attached hydrogens (tertiary/aromatic N) is 3. The molecule has 0 N–H and O–H groups in total. The summed E-state index contributed by atoms with van der Waals surface area (Å²) < 4.78 is 0. The maximum Gasteiger partial charge on any atom is 0.0968 e. The predicted molar refractivity (Wildman–Crippen MR) is 99.8 cm³/mol. The first-order valence-electron chi connectivity index (χ1n) is 8.35. The monoisotopic (exact) mass is 317 g/mol. The molecule has 1 aromatic heterocycles. The normalized spacial score (nSPS) is 11.0. The lowest BCUT2D eigenvalue weighted by Gasteiger charge is -2.12. The number of aromatic nitrogens is 2. The van der Waals surface area contributed by atoms with E-state index >= 15 is 0 Å². The fourth-order valence-corrected chi connectivity index (χ4v) is 2.73. The fraction of sp³-hybridized carbons (Fsp3) is 0.238. The van der Waals surface area contributed by atoms with Crippen LogP contribution in [0.3, 0.4) is 0 Å². The van der Waals surface area contributed by atoms with Crippen molar-refractivity contribution in [3.63, 3.8) is 0 Å². The Labute approximate surface area is 144 Å². The van der Waals surface area contributed by atoms with E-state index in [1.165, 1.54) is 0 Å². The van der Waals surface area contributed by atoms with Gasteiger partial charge in [0.05, 0.1) is 17.1 Å². The van der Waals surface area contributed by atoms with Crippen LogP contribution in [0.2, 0.25) is 0 Å². The molecule has 0 aliphatic heterocycles. The van der Waals surface area contributed by atoms with Crippen molar-refractivity contribution in [2.75, 3.05) is 20.6 Å². The summed E-state index contributed by atoms with van der Waals surface area (Å²) in [5, 5.41) is 0. The molecule has 3 rings (SSSR count). The summed E-state index contributed by atoms with van der Waals surface area (Å²) in [7, 11) is 4.19. The smallest absolute Gasteiger partial charge is 0.0968 e. The molecule has 3 heteroatoms. The van der Waals surface area contributed by atoms with Crippen molar-refractivity contribution in [2.45, 2.75) is 12.8 Å². The summed E-state index contributed by atoms with van der Waals surface area (Å²) in [6.45, 7) is 1.06. The molecular formula is C21H23N3. The highest BCUT2D eigenvalue weighted by Gasteiger charge is 2.11. The molecular weight excluding hydrogens is 294 g/mol. The van der Waals surface area contributed by atoms with Crippen molar-refractivity contribution in [1.82, 2.24) is 14.9 Å². The molecule has 122 valence electrons. The van der Waals surface area contributed by atoms with Crippen molar-refractivity contribution in [3.05, 3.63) is 72.6 Å². The van der Waals surface area contributed by atoms with E-state index in [1.54, 1.807) is 0 Å². The lowest BCUT2D eigenvalue weighted by Crippen LogP contribution is -2.13. The largest absolute Gasteiger partial charge is 0.309 e.